The summed E-state index contributed by atoms with van der Waals surface area (Å²) in [6.07, 6.45) is 1.54. The summed E-state index contributed by atoms with van der Waals surface area (Å²) < 4.78 is 0. The van der Waals surface area contributed by atoms with E-state index in [1.165, 1.54) is 11.8 Å². The number of rotatable bonds is 8. The lowest BCUT2D eigenvalue weighted by molar-refractivity contribution is -0.144. The van der Waals surface area contributed by atoms with Crippen molar-refractivity contribution < 1.29 is 24.3 Å². The Morgan fingerprint density at radius 1 is 1.20 bits per heavy atom. The second-order valence-corrected chi connectivity index (χ2v) is 6.71. The summed E-state index contributed by atoms with van der Waals surface area (Å²) in [5.74, 6) is -2.24. The van der Waals surface area contributed by atoms with Crippen LogP contribution in [0.2, 0.25) is 0 Å². The molecule has 25 heavy (non-hydrogen) atoms. The maximum atomic E-state index is 12.8. The lowest BCUT2D eigenvalue weighted by Crippen LogP contribution is -2.55. The number of hydrogen-bond acceptors (Lipinski definition) is 5. The zero-order chi connectivity index (χ0) is 19.1. The summed E-state index contributed by atoms with van der Waals surface area (Å²) >= 11 is 0. The first-order valence-corrected chi connectivity index (χ1v) is 8.50. The highest BCUT2D eigenvalue weighted by atomic mass is 16.4. The van der Waals surface area contributed by atoms with Crippen LogP contribution in [0.15, 0.2) is 0 Å². The molecule has 0 saturated carbocycles. The summed E-state index contributed by atoms with van der Waals surface area (Å²) in [7, 11) is 0. The Labute approximate surface area is 147 Å². The van der Waals surface area contributed by atoms with Crippen LogP contribution in [-0.2, 0) is 19.2 Å². The number of carbonyl (C=O) groups is 4. The van der Waals surface area contributed by atoms with Crippen molar-refractivity contribution in [2.24, 2.45) is 11.7 Å². The Morgan fingerprint density at radius 2 is 1.84 bits per heavy atom. The van der Waals surface area contributed by atoms with Crippen LogP contribution in [0.5, 0.6) is 0 Å². The van der Waals surface area contributed by atoms with E-state index in [1.807, 2.05) is 13.8 Å². The fourth-order valence-electron chi connectivity index (χ4n) is 2.82. The molecule has 1 saturated heterocycles. The lowest BCUT2D eigenvalue weighted by atomic mass is 10.0. The fraction of sp³-hybridized carbons (Fsp3) is 0.750. The predicted molar refractivity (Wildman–Crippen MR) is 90.4 cm³/mol. The van der Waals surface area contributed by atoms with Crippen molar-refractivity contribution in [1.29, 1.82) is 0 Å². The van der Waals surface area contributed by atoms with Gasteiger partial charge in [-0.15, -0.1) is 0 Å². The van der Waals surface area contributed by atoms with E-state index in [0.29, 0.717) is 25.8 Å². The van der Waals surface area contributed by atoms with E-state index in [-0.39, 0.29) is 18.4 Å². The maximum absolute atomic E-state index is 12.8. The average Bonchev–Trinajstić information content (AvgIpc) is 3.02. The van der Waals surface area contributed by atoms with Crippen molar-refractivity contribution in [2.45, 2.75) is 58.2 Å². The molecule has 1 aliphatic rings. The molecule has 0 aromatic carbocycles. The first-order valence-electron chi connectivity index (χ1n) is 8.50. The number of nitrogens with zero attached hydrogens (tertiary/aromatic N) is 1. The minimum absolute atomic E-state index is 0.161. The Kier molecular flexibility index (Phi) is 7.82. The summed E-state index contributed by atoms with van der Waals surface area (Å²) in [5, 5.41) is 13.9. The average molecular weight is 356 g/mol. The molecule has 3 unspecified atom stereocenters. The molecule has 1 rings (SSSR count). The number of hydrogen-bond donors (Lipinski definition) is 4. The quantitative estimate of drug-likeness (QED) is 0.442. The molecule has 142 valence electrons. The van der Waals surface area contributed by atoms with Gasteiger partial charge in [0.2, 0.25) is 17.7 Å². The minimum atomic E-state index is -1.14. The number of carboxylic acid groups (broad SMARTS) is 1. The molecule has 3 amide bonds. The van der Waals surface area contributed by atoms with Gasteiger partial charge in [0.15, 0.2) is 0 Å². The van der Waals surface area contributed by atoms with Crippen molar-refractivity contribution in [2.75, 3.05) is 13.1 Å². The standard InChI is InChI=1S/C16H28N4O5/c1-9(2)7-11(19-13(21)8-17)15(23)20-6-4-5-12(20)14(22)18-10(3)16(24)25/h9-12H,4-8,17H2,1-3H3,(H,18,22)(H,19,21)(H,24,25). The molecule has 1 aliphatic heterocycles. The Morgan fingerprint density at radius 3 is 2.36 bits per heavy atom. The van der Waals surface area contributed by atoms with E-state index in [9.17, 15) is 19.2 Å². The molecule has 3 atom stereocenters. The first kappa shape index (κ1) is 20.9. The van der Waals surface area contributed by atoms with Gasteiger partial charge in [-0.05, 0) is 32.1 Å². The zero-order valence-electron chi connectivity index (χ0n) is 14.9. The van der Waals surface area contributed by atoms with Gasteiger partial charge < -0.3 is 26.4 Å². The SMILES string of the molecule is CC(C)CC(NC(=O)CN)C(=O)N1CCCC1C(=O)NC(C)C(=O)O. The predicted octanol–water partition coefficient (Wildman–Crippen LogP) is -0.944. The molecule has 5 N–H and O–H groups in total. The van der Waals surface area contributed by atoms with Crippen molar-refractivity contribution in [3.05, 3.63) is 0 Å². The van der Waals surface area contributed by atoms with Gasteiger partial charge in [0.05, 0.1) is 6.54 Å². The molecule has 0 aliphatic carbocycles. The molecule has 0 radical (unpaired) electrons. The van der Waals surface area contributed by atoms with Gasteiger partial charge in [-0.25, -0.2) is 0 Å². The molecule has 0 spiro atoms. The number of nitrogens with two attached hydrogens (primary N) is 1. The van der Waals surface area contributed by atoms with Gasteiger partial charge in [0, 0.05) is 6.54 Å². The Balaban J connectivity index is 2.85. The number of carbonyl (C=O) groups excluding carboxylic acids is 3. The second-order valence-electron chi connectivity index (χ2n) is 6.71. The van der Waals surface area contributed by atoms with Gasteiger partial charge >= 0.3 is 5.97 Å². The van der Waals surface area contributed by atoms with E-state index in [0.717, 1.165) is 0 Å². The van der Waals surface area contributed by atoms with Crippen LogP contribution >= 0.6 is 0 Å². The lowest BCUT2D eigenvalue weighted by Gasteiger charge is -2.29. The molecular formula is C16H28N4O5. The van der Waals surface area contributed by atoms with Crippen LogP contribution < -0.4 is 16.4 Å². The van der Waals surface area contributed by atoms with E-state index >= 15 is 0 Å². The number of likely N-dealkylation sites (tertiary alicyclic amines) is 1. The van der Waals surface area contributed by atoms with Gasteiger partial charge in [-0.2, -0.15) is 0 Å². The third-order valence-electron chi connectivity index (χ3n) is 4.09. The second kappa shape index (κ2) is 9.36. The Bertz CT molecular complexity index is 523. The number of nitrogens with one attached hydrogen (secondary N) is 2. The highest BCUT2D eigenvalue weighted by Gasteiger charge is 2.38. The van der Waals surface area contributed by atoms with Gasteiger partial charge in [0.1, 0.15) is 18.1 Å². The molecule has 1 heterocycles. The molecular weight excluding hydrogens is 328 g/mol. The molecule has 1 fully saturated rings. The molecule has 0 aromatic heterocycles. The zero-order valence-corrected chi connectivity index (χ0v) is 14.9. The van der Waals surface area contributed by atoms with Crippen LogP contribution in [0.1, 0.15) is 40.0 Å². The van der Waals surface area contributed by atoms with E-state index in [1.54, 1.807) is 0 Å². The summed E-state index contributed by atoms with van der Waals surface area (Å²) in [6.45, 7) is 5.40. The summed E-state index contributed by atoms with van der Waals surface area (Å²) in [5.41, 5.74) is 5.31. The van der Waals surface area contributed by atoms with E-state index in [4.69, 9.17) is 10.8 Å². The normalized spacial score (nSPS) is 19.4. The van der Waals surface area contributed by atoms with E-state index < -0.39 is 35.9 Å². The monoisotopic (exact) mass is 356 g/mol. The van der Waals surface area contributed by atoms with Gasteiger partial charge in [-0.1, -0.05) is 13.8 Å². The molecule has 0 bridgehead atoms. The summed E-state index contributed by atoms with van der Waals surface area (Å²) in [4.78, 5) is 49.1. The van der Waals surface area contributed by atoms with Crippen molar-refractivity contribution in [3.63, 3.8) is 0 Å². The molecule has 9 nitrogen and oxygen atoms in total. The van der Waals surface area contributed by atoms with Crippen molar-refractivity contribution >= 4 is 23.7 Å². The Hall–Kier alpha value is -2.16. The minimum Gasteiger partial charge on any atom is -0.480 e. The van der Waals surface area contributed by atoms with Crippen LogP contribution in [-0.4, -0.2) is 64.9 Å². The van der Waals surface area contributed by atoms with Crippen LogP contribution in [0, 0.1) is 5.92 Å². The highest BCUT2D eigenvalue weighted by molar-refractivity contribution is 5.94. The van der Waals surface area contributed by atoms with Crippen LogP contribution in [0.25, 0.3) is 0 Å². The summed E-state index contributed by atoms with van der Waals surface area (Å²) in [6, 6.07) is -2.51. The van der Waals surface area contributed by atoms with Crippen molar-refractivity contribution in [3.8, 4) is 0 Å². The number of amides is 3. The molecule has 9 heteroatoms. The smallest absolute Gasteiger partial charge is 0.325 e. The fourth-order valence-corrected chi connectivity index (χ4v) is 2.82. The topological polar surface area (TPSA) is 142 Å². The highest BCUT2D eigenvalue weighted by Crippen LogP contribution is 2.20. The van der Waals surface area contributed by atoms with Gasteiger partial charge in [0.25, 0.3) is 0 Å². The largest absolute Gasteiger partial charge is 0.480 e. The molecule has 0 aromatic rings. The number of aliphatic carboxylic acids is 1. The van der Waals surface area contributed by atoms with E-state index in [2.05, 4.69) is 10.6 Å². The van der Waals surface area contributed by atoms with Crippen LogP contribution in [0.3, 0.4) is 0 Å². The number of carboxylic acids is 1. The van der Waals surface area contributed by atoms with Crippen LogP contribution in [0.4, 0.5) is 0 Å². The maximum Gasteiger partial charge on any atom is 0.325 e. The first-order chi connectivity index (χ1) is 11.7. The third-order valence-corrected chi connectivity index (χ3v) is 4.09. The van der Waals surface area contributed by atoms with Gasteiger partial charge in [-0.3, -0.25) is 19.2 Å². The van der Waals surface area contributed by atoms with Crippen molar-refractivity contribution in [1.82, 2.24) is 15.5 Å². The third kappa shape index (κ3) is 6.00.